The fourth-order valence-electron chi connectivity index (χ4n) is 3.24. The summed E-state index contributed by atoms with van der Waals surface area (Å²) in [5, 5.41) is 0. The fraction of sp³-hybridized carbons (Fsp3) is 0.350. The highest BCUT2D eigenvalue weighted by atomic mass is 16.5. The van der Waals surface area contributed by atoms with Crippen molar-refractivity contribution in [3.05, 3.63) is 59.7 Å². The van der Waals surface area contributed by atoms with Crippen LogP contribution in [0.5, 0.6) is 11.5 Å². The van der Waals surface area contributed by atoms with Gasteiger partial charge in [0.05, 0.1) is 46.0 Å². The summed E-state index contributed by atoms with van der Waals surface area (Å²) in [7, 11) is 3.18. The fourth-order valence-corrected chi connectivity index (χ4v) is 3.24. The molecule has 0 aromatic heterocycles. The summed E-state index contributed by atoms with van der Waals surface area (Å²) >= 11 is 0. The van der Waals surface area contributed by atoms with Crippen LogP contribution in [0.1, 0.15) is 15.9 Å². The van der Waals surface area contributed by atoms with E-state index in [1.807, 2.05) is 11.0 Å². The molecule has 0 atom stereocenters. The number of carbonyl (C=O) groups is 1. The van der Waals surface area contributed by atoms with Gasteiger partial charge in [0.1, 0.15) is 18.0 Å². The van der Waals surface area contributed by atoms with E-state index in [9.17, 15) is 4.79 Å². The number of carbonyl (C=O) groups excluding carboxylic acids is 1. The van der Waals surface area contributed by atoms with Crippen LogP contribution in [-0.4, -0.2) is 51.2 Å². The average molecular weight is 341 g/mol. The summed E-state index contributed by atoms with van der Waals surface area (Å²) < 4.78 is 10.6. The van der Waals surface area contributed by atoms with Crippen molar-refractivity contribution < 1.29 is 19.2 Å². The highest BCUT2D eigenvalue weighted by Gasteiger charge is 2.26. The lowest BCUT2D eigenvalue weighted by molar-refractivity contribution is -0.917. The lowest BCUT2D eigenvalue weighted by atomic mass is 10.1. The first-order valence-corrected chi connectivity index (χ1v) is 8.60. The molecule has 1 aliphatic heterocycles. The van der Waals surface area contributed by atoms with Crippen LogP contribution in [0, 0.1) is 0 Å². The van der Waals surface area contributed by atoms with Crippen molar-refractivity contribution in [2.45, 2.75) is 6.54 Å². The first-order chi connectivity index (χ1) is 12.2. The lowest BCUT2D eigenvalue weighted by Gasteiger charge is -2.32. The van der Waals surface area contributed by atoms with Gasteiger partial charge in [-0.15, -0.1) is 0 Å². The van der Waals surface area contributed by atoms with Crippen LogP contribution in [0.25, 0.3) is 0 Å². The van der Waals surface area contributed by atoms with E-state index in [2.05, 4.69) is 24.3 Å². The number of rotatable bonds is 5. The van der Waals surface area contributed by atoms with Gasteiger partial charge in [0.15, 0.2) is 0 Å². The van der Waals surface area contributed by atoms with Crippen LogP contribution in [0.2, 0.25) is 0 Å². The molecule has 1 N–H and O–H groups in total. The number of hydrogen-bond donors (Lipinski definition) is 1. The lowest BCUT2D eigenvalue weighted by Crippen LogP contribution is -3.13. The molecule has 5 nitrogen and oxygen atoms in total. The Morgan fingerprint density at radius 1 is 1.04 bits per heavy atom. The third kappa shape index (κ3) is 4.12. The monoisotopic (exact) mass is 341 g/mol. The SMILES string of the molecule is COc1ccc(OC)c(C(=O)N2CC[NH+](Cc3ccccc3)CC2)c1. The molecule has 5 heteroatoms. The zero-order valence-corrected chi connectivity index (χ0v) is 14.8. The van der Waals surface area contributed by atoms with Crippen molar-refractivity contribution in [1.29, 1.82) is 0 Å². The van der Waals surface area contributed by atoms with Crippen molar-refractivity contribution in [3.63, 3.8) is 0 Å². The van der Waals surface area contributed by atoms with E-state index in [0.717, 1.165) is 32.7 Å². The number of nitrogens with zero attached hydrogens (tertiary/aromatic N) is 1. The Balaban J connectivity index is 1.63. The highest BCUT2D eigenvalue weighted by Crippen LogP contribution is 2.25. The van der Waals surface area contributed by atoms with E-state index < -0.39 is 0 Å². The quantitative estimate of drug-likeness (QED) is 0.890. The predicted octanol–water partition coefficient (Wildman–Crippen LogP) is 1.24. The van der Waals surface area contributed by atoms with Crippen molar-refractivity contribution >= 4 is 5.91 Å². The summed E-state index contributed by atoms with van der Waals surface area (Å²) in [6.45, 7) is 4.41. The minimum absolute atomic E-state index is 0.00881. The summed E-state index contributed by atoms with van der Waals surface area (Å²) in [5.41, 5.74) is 1.90. The third-order valence-electron chi connectivity index (χ3n) is 4.69. The number of amides is 1. The number of hydrogen-bond acceptors (Lipinski definition) is 3. The second kappa shape index (κ2) is 8.03. The van der Waals surface area contributed by atoms with Gasteiger partial charge in [-0.25, -0.2) is 0 Å². The Morgan fingerprint density at radius 2 is 1.76 bits per heavy atom. The van der Waals surface area contributed by atoms with Crippen LogP contribution in [-0.2, 0) is 6.54 Å². The van der Waals surface area contributed by atoms with E-state index in [-0.39, 0.29) is 5.91 Å². The molecule has 25 heavy (non-hydrogen) atoms. The van der Waals surface area contributed by atoms with Crippen LogP contribution in [0.3, 0.4) is 0 Å². The molecule has 0 aliphatic carbocycles. The molecule has 2 aromatic rings. The second-order valence-electron chi connectivity index (χ2n) is 6.27. The summed E-state index contributed by atoms with van der Waals surface area (Å²) in [6.07, 6.45) is 0. The standard InChI is InChI=1S/C20H24N2O3/c1-24-17-8-9-19(25-2)18(14-17)20(23)22-12-10-21(11-13-22)15-16-6-4-3-5-7-16/h3-9,14H,10-13,15H2,1-2H3/p+1. The van der Waals surface area contributed by atoms with Gasteiger partial charge in [-0.2, -0.15) is 0 Å². The van der Waals surface area contributed by atoms with Crippen LogP contribution in [0.15, 0.2) is 48.5 Å². The van der Waals surface area contributed by atoms with Crippen LogP contribution in [0.4, 0.5) is 0 Å². The molecule has 1 saturated heterocycles. The van der Waals surface area contributed by atoms with E-state index >= 15 is 0 Å². The first kappa shape index (κ1) is 17.3. The molecule has 2 aromatic carbocycles. The van der Waals surface area contributed by atoms with Crippen molar-refractivity contribution in [2.75, 3.05) is 40.4 Å². The van der Waals surface area contributed by atoms with E-state index in [1.165, 1.54) is 10.5 Å². The molecule has 3 rings (SSSR count). The van der Waals surface area contributed by atoms with Gasteiger partial charge >= 0.3 is 0 Å². The topological polar surface area (TPSA) is 43.2 Å². The number of piperazine rings is 1. The normalized spacial score (nSPS) is 15.0. The third-order valence-corrected chi connectivity index (χ3v) is 4.69. The highest BCUT2D eigenvalue weighted by molar-refractivity contribution is 5.97. The molecule has 0 bridgehead atoms. The number of methoxy groups -OCH3 is 2. The number of nitrogens with one attached hydrogen (secondary N) is 1. The molecule has 0 unspecified atom stereocenters. The van der Waals surface area contributed by atoms with Crippen LogP contribution >= 0.6 is 0 Å². The van der Waals surface area contributed by atoms with Crippen molar-refractivity contribution in [3.8, 4) is 11.5 Å². The van der Waals surface area contributed by atoms with Crippen LogP contribution < -0.4 is 14.4 Å². The molecule has 1 heterocycles. The van der Waals surface area contributed by atoms with Gasteiger partial charge in [-0.3, -0.25) is 4.79 Å². The Bertz CT molecular complexity index is 710. The molecule has 0 spiro atoms. The van der Waals surface area contributed by atoms with Crippen molar-refractivity contribution in [1.82, 2.24) is 4.90 Å². The Kier molecular flexibility index (Phi) is 5.56. The van der Waals surface area contributed by atoms with Gasteiger partial charge in [0, 0.05) is 5.56 Å². The second-order valence-corrected chi connectivity index (χ2v) is 6.27. The first-order valence-electron chi connectivity index (χ1n) is 8.60. The molecule has 1 amide bonds. The maximum absolute atomic E-state index is 12.9. The summed E-state index contributed by atoms with van der Waals surface area (Å²) in [4.78, 5) is 16.3. The number of benzene rings is 2. The summed E-state index contributed by atoms with van der Waals surface area (Å²) in [5.74, 6) is 1.26. The maximum atomic E-state index is 12.9. The van der Waals surface area contributed by atoms with Gasteiger partial charge in [-0.05, 0) is 18.2 Å². The number of quaternary nitrogens is 1. The maximum Gasteiger partial charge on any atom is 0.258 e. The Hall–Kier alpha value is -2.53. The molecule has 0 saturated carbocycles. The van der Waals surface area contributed by atoms with E-state index in [4.69, 9.17) is 9.47 Å². The molecular weight excluding hydrogens is 316 g/mol. The van der Waals surface area contributed by atoms with Gasteiger partial charge < -0.3 is 19.3 Å². The van der Waals surface area contributed by atoms with Gasteiger partial charge in [0.2, 0.25) is 0 Å². The molecular formula is C20H25N2O3+. The zero-order chi connectivity index (χ0) is 17.6. The van der Waals surface area contributed by atoms with Gasteiger partial charge in [-0.1, -0.05) is 30.3 Å². The minimum atomic E-state index is 0.00881. The van der Waals surface area contributed by atoms with Gasteiger partial charge in [0.25, 0.3) is 5.91 Å². The largest absolute Gasteiger partial charge is 0.497 e. The average Bonchev–Trinajstić information content (AvgIpc) is 2.68. The molecule has 1 fully saturated rings. The van der Waals surface area contributed by atoms with Crippen molar-refractivity contribution in [2.24, 2.45) is 0 Å². The van der Waals surface area contributed by atoms with E-state index in [0.29, 0.717) is 17.1 Å². The predicted molar refractivity (Wildman–Crippen MR) is 96.3 cm³/mol. The Morgan fingerprint density at radius 3 is 2.40 bits per heavy atom. The summed E-state index contributed by atoms with van der Waals surface area (Å²) in [6, 6.07) is 15.8. The minimum Gasteiger partial charge on any atom is -0.497 e. The smallest absolute Gasteiger partial charge is 0.258 e. The zero-order valence-electron chi connectivity index (χ0n) is 14.8. The Labute approximate surface area is 148 Å². The molecule has 132 valence electrons. The van der Waals surface area contributed by atoms with E-state index in [1.54, 1.807) is 32.4 Å². The molecule has 0 radical (unpaired) electrons. The number of ether oxygens (including phenoxy) is 2. The molecule has 1 aliphatic rings.